The van der Waals surface area contributed by atoms with Crippen LogP contribution in [0.1, 0.15) is 35.2 Å². The molecule has 3 fully saturated rings. The number of halogens is 1. The molecule has 1 aromatic carbocycles. The summed E-state index contributed by atoms with van der Waals surface area (Å²) >= 11 is 6.13. The van der Waals surface area contributed by atoms with E-state index in [1.165, 1.54) is 5.01 Å². The molecule has 0 saturated carbocycles. The molecule has 1 aromatic rings. The maximum atomic E-state index is 12.7. The minimum Gasteiger partial charge on any atom is -0.339 e. The van der Waals surface area contributed by atoms with E-state index in [2.05, 4.69) is 4.90 Å². The van der Waals surface area contributed by atoms with Crippen molar-refractivity contribution in [3.63, 3.8) is 0 Å². The van der Waals surface area contributed by atoms with Crippen molar-refractivity contribution in [2.75, 3.05) is 39.3 Å². The summed E-state index contributed by atoms with van der Waals surface area (Å²) < 4.78 is 0. The average Bonchev–Trinajstić information content (AvgIpc) is 2.94. The molecule has 0 N–H and O–H groups in total. The van der Waals surface area contributed by atoms with Crippen molar-refractivity contribution in [3.8, 4) is 0 Å². The monoisotopic (exact) mass is 390 g/mol. The number of benzene rings is 1. The molecule has 0 aliphatic carbocycles. The van der Waals surface area contributed by atoms with E-state index in [1.54, 1.807) is 6.07 Å². The summed E-state index contributed by atoms with van der Waals surface area (Å²) in [5.41, 5.74) is 1.65. The zero-order chi connectivity index (χ0) is 19.0. The first kappa shape index (κ1) is 18.4. The molecule has 0 spiro atoms. The molecule has 7 nitrogen and oxygen atoms in total. The van der Waals surface area contributed by atoms with E-state index in [0.717, 1.165) is 38.2 Å². The summed E-state index contributed by atoms with van der Waals surface area (Å²) in [4.78, 5) is 40.6. The van der Waals surface area contributed by atoms with E-state index < -0.39 is 0 Å². The molecule has 0 unspecified atom stereocenters. The lowest BCUT2D eigenvalue weighted by molar-refractivity contribution is -0.160. The number of nitrogens with zero attached hydrogens (tertiary/aromatic N) is 4. The quantitative estimate of drug-likeness (QED) is 0.726. The molecule has 27 heavy (non-hydrogen) atoms. The SMILES string of the molecule is O=C(c1cc(Cl)ccc1CN1CCN(N2C(=O)CCC2=O)CC1)N1CCC1. The Bertz CT molecular complexity index is 756. The van der Waals surface area contributed by atoms with Gasteiger partial charge in [-0.2, -0.15) is 0 Å². The molecule has 0 radical (unpaired) electrons. The average molecular weight is 391 g/mol. The predicted molar refractivity (Wildman–Crippen MR) is 99.9 cm³/mol. The van der Waals surface area contributed by atoms with Gasteiger partial charge in [0, 0.05) is 69.2 Å². The van der Waals surface area contributed by atoms with Crippen molar-refractivity contribution in [1.82, 2.24) is 19.8 Å². The van der Waals surface area contributed by atoms with E-state index in [4.69, 9.17) is 11.6 Å². The fourth-order valence-corrected chi connectivity index (χ4v) is 3.96. The predicted octanol–water partition coefficient (Wildman–Crippen LogP) is 1.37. The highest BCUT2D eigenvalue weighted by molar-refractivity contribution is 6.31. The number of carbonyl (C=O) groups is 3. The third-order valence-electron chi connectivity index (χ3n) is 5.50. The highest BCUT2D eigenvalue weighted by Gasteiger charge is 2.35. The lowest BCUT2D eigenvalue weighted by atomic mass is 10.0. The van der Waals surface area contributed by atoms with Crippen LogP contribution in [0, 0.1) is 0 Å². The highest BCUT2D eigenvalue weighted by atomic mass is 35.5. The second kappa shape index (κ2) is 7.58. The zero-order valence-electron chi connectivity index (χ0n) is 15.2. The van der Waals surface area contributed by atoms with Gasteiger partial charge >= 0.3 is 0 Å². The number of imide groups is 1. The minimum atomic E-state index is -0.103. The topological polar surface area (TPSA) is 64.2 Å². The van der Waals surface area contributed by atoms with Gasteiger partial charge in [-0.1, -0.05) is 17.7 Å². The number of hydrogen-bond donors (Lipinski definition) is 0. The number of amides is 3. The van der Waals surface area contributed by atoms with Crippen molar-refractivity contribution in [2.24, 2.45) is 0 Å². The smallest absolute Gasteiger partial charge is 0.254 e. The van der Waals surface area contributed by atoms with E-state index in [9.17, 15) is 14.4 Å². The Kier molecular flexibility index (Phi) is 5.16. The lowest BCUT2D eigenvalue weighted by Gasteiger charge is -2.38. The Balaban J connectivity index is 1.41. The zero-order valence-corrected chi connectivity index (χ0v) is 16.0. The van der Waals surface area contributed by atoms with Crippen LogP contribution in [0.25, 0.3) is 0 Å². The summed E-state index contributed by atoms with van der Waals surface area (Å²) in [5, 5.41) is 3.74. The highest BCUT2D eigenvalue weighted by Crippen LogP contribution is 2.23. The van der Waals surface area contributed by atoms with Gasteiger partial charge in [0.1, 0.15) is 0 Å². The molecule has 3 aliphatic heterocycles. The maximum absolute atomic E-state index is 12.7. The van der Waals surface area contributed by atoms with Crippen LogP contribution >= 0.6 is 11.6 Å². The van der Waals surface area contributed by atoms with Crippen molar-refractivity contribution in [2.45, 2.75) is 25.8 Å². The Hall–Kier alpha value is -1.96. The Morgan fingerprint density at radius 3 is 2.22 bits per heavy atom. The van der Waals surface area contributed by atoms with Crippen molar-refractivity contribution in [1.29, 1.82) is 0 Å². The molecule has 0 atom stereocenters. The molecular weight excluding hydrogens is 368 g/mol. The third-order valence-corrected chi connectivity index (χ3v) is 5.73. The number of hydrogen-bond acceptors (Lipinski definition) is 5. The summed E-state index contributed by atoms with van der Waals surface area (Å²) in [6.45, 7) is 4.99. The van der Waals surface area contributed by atoms with Gasteiger partial charge in [-0.15, -0.1) is 0 Å². The Labute approximate surface area is 163 Å². The minimum absolute atomic E-state index is 0.0469. The number of piperazine rings is 1. The van der Waals surface area contributed by atoms with Crippen LogP contribution in [0.3, 0.4) is 0 Å². The molecule has 144 valence electrons. The van der Waals surface area contributed by atoms with Gasteiger partial charge in [-0.05, 0) is 24.1 Å². The standard InChI is InChI=1S/C19H23ClN4O3/c20-15-3-2-14(16(12-15)19(27)22-6-1-7-22)13-21-8-10-23(11-9-21)24-17(25)4-5-18(24)26/h2-3,12H,1,4-11,13H2. The van der Waals surface area contributed by atoms with Crippen LogP contribution in [0.15, 0.2) is 18.2 Å². The van der Waals surface area contributed by atoms with Crippen LogP contribution in [0.2, 0.25) is 5.02 Å². The van der Waals surface area contributed by atoms with Gasteiger partial charge in [0.2, 0.25) is 11.8 Å². The van der Waals surface area contributed by atoms with Crippen LogP contribution in [-0.4, -0.2) is 76.8 Å². The second-order valence-corrected chi connectivity index (χ2v) is 7.71. The van der Waals surface area contributed by atoms with Crippen LogP contribution in [0.4, 0.5) is 0 Å². The first-order valence-corrected chi connectivity index (χ1v) is 9.81. The van der Waals surface area contributed by atoms with Crippen molar-refractivity contribution < 1.29 is 14.4 Å². The Morgan fingerprint density at radius 2 is 1.63 bits per heavy atom. The fourth-order valence-electron chi connectivity index (χ4n) is 3.79. The first-order valence-electron chi connectivity index (χ1n) is 9.43. The molecule has 3 saturated heterocycles. The van der Waals surface area contributed by atoms with Gasteiger partial charge in [0.15, 0.2) is 0 Å². The van der Waals surface area contributed by atoms with Crippen molar-refractivity contribution >= 4 is 29.3 Å². The second-order valence-electron chi connectivity index (χ2n) is 7.28. The molecule has 4 rings (SSSR count). The first-order chi connectivity index (χ1) is 13.0. The van der Waals surface area contributed by atoms with Gasteiger partial charge in [0.05, 0.1) is 0 Å². The van der Waals surface area contributed by atoms with Gasteiger partial charge in [0.25, 0.3) is 5.91 Å². The fraction of sp³-hybridized carbons (Fsp3) is 0.526. The lowest BCUT2D eigenvalue weighted by Crippen LogP contribution is -2.55. The summed E-state index contributed by atoms with van der Waals surface area (Å²) in [7, 11) is 0. The van der Waals surface area contributed by atoms with E-state index in [-0.39, 0.29) is 17.7 Å². The summed E-state index contributed by atoms with van der Waals surface area (Å²) in [6, 6.07) is 5.51. The van der Waals surface area contributed by atoms with Crippen LogP contribution < -0.4 is 0 Å². The molecule has 3 amide bonds. The molecule has 3 aliphatic rings. The maximum Gasteiger partial charge on any atom is 0.254 e. The van der Waals surface area contributed by atoms with E-state index in [1.807, 2.05) is 22.0 Å². The molecule has 0 bridgehead atoms. The number of rotatable bonds is 4. The molecular formula is C19H23ClN4O3. The molecule has 0 aromatic heterocycles. The molecule has 3 heterocycles. The van der Waals surface area contributed by atoms with Crippen LogP contribution in [0.5, 0.6) is 0 Å². The van der Waals surface area contributed by atoms with Gasteiger partial charge < -0.3 is 4.90 Å². The molecule has 8 heteroatoms. The van der Waals surface area contributed by atoms with E-state index >= 15 is 0 Å². The number of hydrazine groups is 1. The van der Waals surface area contributed by atoms with E-state index in [0.29, 0.717) is 43.1 Å². The van der Waals surface area contributed by atoms with Crippen molar-refractivity contribution in [3.05, 3.63) is 34.3 Å². The number of likely N-dealkylation sites (tertiary alicyclic amines) is 1. The van der Waals surface area contributed by atoms with Crippen LogP contribution in [-0.2, 0) is 16.1 Å². The summed E-state index contributed by atoms with van der Waals surface area (Å²) in [5.74, 6) is -0.159. The van der Waals surface area contributed by atoms with Gasteiger partial charge in [-0.3, -0.25) is 19.3 Å². The largest absolute Gasteiger partial charge is 0.339 e. The third kappa shape index (κ3) is 3.72. The Morgan fingerprint density at radius 1 is 0.963 bits per heavy atom. The van der Waals surface area contributed by atoms with Gasteiger partial charge in [-0.25, -0.2) is 10.0 Å². The number of carbonyl (C=O) groups excluding carboxylic acids is 3. The summed E-state index contributed by atoms with van der Waals surface area (Å²) in [6.07, 6.45) is 1.68. The normalized spacial score (nSPS) is 21.7.